The smallest absolute Gasteiger partial charge is 0.408 e. The van der Waals surface area contributed by atoms with E-state index >= 15 is 0 Å². The lowest BCUT2D eigenvalue weighted by atomic mass is 10.2. The van der Waals surface area contributed by atoms with Crippen molar-refractivity contribution in [1.29, 1.82) is 0 Å². The molecule has 1 amide bonds. The summed E-state index contributed by atoms with van der Waals surface area (Å²) in [6.07, 6.45) is -0.798. The minimum Gasteiger partial charge on any atom is -0.444 e. The van der Waals surface area contributed by atoms with E-state index in [4.69, 9.17) is 4.74 Å². The quantitative estimate of drug-likeness (QED) is 0.746. The summed E-state index contributed by atoms with van der Waals surface area (Å²) in [6, 6.07) is -1.10. The summed E-state index contributed by atoms with van der Waals surface area (Å²) in [5.74, 6) is 0. The fourth-order valence-electron chi connectivity index (χ4n) is 0.593. The summed E-state index contributed by atoms with van der Waals surface area (Å²) in [6.45, 7) is 3.15. The van der Waals surface area contributed by atoms with Crippen LogP contribution in [0.1, 0.15) is 20.8 Å². The molecule has 0 atom stereocenters. The van der Waals surface area contributed by atoms with Gasteiger partial charge in [0.25, 0.3) is 0 Å². The van der Waals surface area contributed by atoms with Crippen LogP contribution in [-0.4, -0.2) is 31.1 Å². The average molecular weight is 195 g/mol. The predicted molar refractivity (Wildman–Crippen MR) is 45.1 cm³/mol. The minimum atomic E-state index is -1.10. The number of alkyl carbamates (subject to hydrolysis) is 1. The van der Waals surface area contributed by atoms with E-state index in [1.807, 2.05) is 0 Å². The minimum absolute atomic E-state index is 0.652. The zero-order valence-electron chi connectivity index (χ0n) is 8.06. The van der Waals surface area contributed by atoms with Gasteiger partial charge in [-0.2, -0.15) is 0 Å². The Hall–Kier alpha value is -0.870. The molecule has 1 N–H and O–H groups in total. The average Bonchev–Trinajstić information content (AvgIpc) is 1.96. The van der Waals surface area contributed by atoms with Crippen molar-refractivity contribution in [3.8, 4) is 0 Å². The van der Waals surface area contributed by atoms with Gasteiger partial charge in [0, 0.05) is 0 Å². The third kappa shape index (κ3) is 6.31. The van der Waals surface area contributed by atoms with Gasteiger partial charge in [0.15, 0.2) is 0 Å². The lowest BCUT2D eigenvalue weighted by molar-refractivity contribution is 0.0487. The van der Waals surface area contributed by atoms with Gasteiger partial charge in [-0.05, 0) is 20.8 Å². The summed E-state index contributed by atoms with van der Waals surface area (Å²) >= 11 is 0. The number of alkyl halides is 2. The van der Waals surface area contributed by atoms with E-state index in [0.717, 1.165) is 0 Å². The highest BCUT2D eigenvalue weighted by atomic mass is 19.1. The Labute approximate surface area is 76.4 Å². The monoisotopic (exact) mass is 195 g/mol. The molecule has 0 aromatic rings. The molecule has 13 heavy (non-hydrogen) atoms. The molecule has 0 unspecified atom stereocenters. The maximum atomic E-state index is 11.9. The van der Waals surface area contributed by atoms with Gasteiger partial charge in [0.1, 0.15) is 19.0 Å². The molecule has 0 saturated carbocycles. The van der Waals surface area contributed by atoms with Gasteiger partial charge < -0.3 is 10.1 Å². The maximum absolute atomic E-state index is 11.9. The topological polar surface area (TPSA) is 38.3 Å². The normalized spacial score (nSPS) is 11.5. The Balaban J connectivity index is 3.86. The molecule has 0 aliphatic carbocycles. The molecule has 78 valence electrons. The van der Waals surface area contributed by atoms with Crippen LogP contribution in [0.3, 0.4) is 0 Å². The fourth-order valence-corrected chi connectivity index (χ4v) is 0.593. The van der Waals surface area contributed by atoms with Crippen LogP contribution in [-0.2, 0) is 4.74 Å². The molecular weight excluding hydrogens is 180 g/mol. The number of carbonyl (C=O) groups is 1. The molecule has 0 aromatic heterocycles. The van der Waals surface area contributed by atoms with Crippen LogP contribution < -0.4 is 5.32 Å². The van der Waals surface area contributed by atoms with Gasteiger partial charge in [-0.1, -0.05) is 0 Å². The van der Waals surface area contributed by atoms with Crippen molar-refractivity contribution in [2.75, 3.05) is 13.3 Å². The molecule has 0 radical (unpaired) electrons. The Morgan fingerprint density at radius 1 is 1.38 bits per heavy atom. The molecule has 3 nitrogen and oxygen atoms in total. The van der Waals surface area contributed by atoms with E-state index in [9.17, 15) is 13.6 Å². The number of carbonyl (C=O) groups excluding carboxylic acids is 1. The van der Waals surface area contributed by atoms with E-state index in [1.165, 1.54) is 0 Å². The molecule has 0 saturated heterocycles. The Morgan fingerprint density at radius 2 is 1.85 bits per heavy atom. The maximum Gasteiger partial charge on any atom is 0.408 e. The van der Waals surface area contributed by atoms with Gasteiger partial charge in [0.2, 0.25) is 0 Å². The summed E-state index contributed by atoms with van der Waals surface area (Å²) in [5, 5.41) is 2.06. The number of amides is 1. The fraction of sp³-hybridized carbons (Fsp3) is 0.875. The number of ether oxygens (including phenoxy) is 1. The van der Waals surface area contributed by atoms with Crippen molar-refractivity contribution in [2.24, 2.45) is 0 Å². The summed E-state index contributed by atoms with van der Waals surface area (Å²) in [5.41, 5.74) is -0.652. The molecule has 0 aliphatic heterocycles. The van der Waals surface area contributed by atoms with Crippen LogP contribution in [0.4, 0.5) is 13.6 Å². The summed E-state index contributed by atoms with van der Waals surface area (Å²) < 4.78 is 28.7. The van der Waals surface area contributed by atoms with Gasteiger partial charge >= 0.3 is 6.09 Å². The molecule has 0 aromatic carbocycles. The third-order valence-corrected chi connectivity index (χ3v) is 1.09. The molecule has 0 aliphatic rings. The van der Waals surface area contributed by atoms with E-state index < -0.39 is 31.1 Å². The molecular formula is C8H15F2NO2. The first kappa shape index (κ1) is 12.1. The molecule has 0 bridgehead atoms. The lowest BCUT2D eigenvalue weighted by Crippen LogP contribution is -2.41. The van der Waals surface area contributed by atoms with E-state index in [1.54, 1.807) is 20.8 Å². The summed E-state index contributed by atoms with van der Waals surface area (Å²) in [4.78, 5) is 10.9. The van der Waals surface area contributed by atoms with Crippen molar-refractivity contribution in [1.82, 2.24) is 5.32 Å². The van der Waals surface area contributed by atoms with Crippen LogP contribution in [0.15, 0.2) is 0 Å². The second kappa shape index (κ2) is 4.99. The van der Waals surface area contributed by atoms with Gasteiger partial charge in [-0.15, -0.1) is 0 Å². The van der Waals surface area contributed by atoms with Gasteiger partial charge in [-0.25, -0.2) is 13.6 Å². The molecule has 0 heterocycles. The van der Waals surface area contributed by atoms with E-state index in [-0.39, 0.29) is 0 Å². The SMILES string of the molecule is CC(C)(C)OC(=O)NC(CF)CF. The van der Waals surface area contributed by atoms with Crippen molar-refractivity contribution < 1.29 is 18.3 Å². The largest absolute Gasteiger partial charge is 0.444 e. The third-order valence-electron chi connectivity index (χ3n) is 1.09. The van der Waals surface area contributed by atoms with Crippen LogP contribution in [0.5, 0.6) is 0 Å². The lowest BCUT2D eigenvalue weighted by Gasteiger charge is -2.21. The second-order valence-electron chi connectivity index (χ2n) is 3.65. The number of rotatable bonds is 3. The first-order valence-corrected chi connectivity index (χ1v) is 4.00. The molecule has 0 spiro atoms. The van der Waals surface area contributed by atoms with E-state index in [2.05, 4.69) is 5.32 Å². The first-order valence-electron chi connectivity index (χ1n) is 4.00. The zero-order valence-corrected chi connectivity index (χ0v) is 8.06. The van der Waals surface area contributed by atoms with Crippen LogP contribution >= 0.6 is 0 Å². The van der Waals surface area contributed by atoms with Crippen molar-refractivity contribution in [3.05, 3.63) is 0 Å². The zero-order chi connectivity index (χ0) is 10.5. The Morgan fingerprint density at radius 3 is 2.15 bits per heavy atom. The van der Waals surface area contributed by atoms with Crippen LogP contribution in [0, 0.1) is 0 Å². The van der Waals surface area contributed by atoms with E-state index in [0.29, 0.717) is 0 Å². The van der Waals surface area contributed by atoms with Crippen LogP contribution in [0.25, 0.3) is 0 Å². The van der Waals surface area contributed by atoms with Crippen molar-refractivity contribution in [3.63, 3.8) is 0 Å². The van der Waals surface area contributed by atoms with Crippen molar-refractivity contribution in [2.45, 2.75) is 32.4 Å². The van der Waals surface area contributed by atoms with Gasteiger partial charge in [0.05, 0.1) is 6.04 Å². The Kier molecular flexibility index (Phi) is 4.66. The highest BCUT2D eigenvalue weighted by Crippen LogP contribution is 2.06. The number of hydrogen-bond acceptors (Lipinski definition) is 2. The number of nitrogens with one attached hydrogen (secondary N) is 1. The number of hydrogen-bond donors (Lipinski definition) is 1. The summed E-state index contributed by atoms with van der Waals surface area (Å²) in [7, 11) is 0. The highest BCUT2D eigenvalue weighted by Gasteiger charge is 2.19. The molecule has 0 rings (SSSR count). The predicted octanol–water partition coefficient (Wildman–Crippen LogP) is 1.82. The first-order chi connectivity index (χ1) is 5.89. The highest BCUT2D eigenvalue weighted by molar-refractivity contribution is 5.68. The van der Waals surface area contributed by atoms with Gasteiger partial charge in [-0.3, -0.25) is 0 Å². The number of halogens is 2. The Bertz CT molecular complexity index is 164. The second-order valence-corrected chi connectivity index (χ2v) is 3.65. The van der Waals surface area contributed by atoms with Crippen LogP contribution in [0.2, 0.25) is 0 Å². The molecule has 5 heteroatoms. The standard InChI is InChI=1S/C8H15F2NO2/c1-8(2,3)13-7(12)11-6(4-9)5-10/h6H,4-5H2,1-3H3,(H,11,12). The molecule has 0 fully saturated rings. The van der Waals surface area contributed by atoms with Crippen molar-refractivity contribution >= 4 is 6.09 Å².